The predicted octanol–water partition coefficient (Wildman–Crippen LogP) is 2.80. The zero-order valence-corrected chi connectivity index (χ0v) is 8.81. The van der Waals surface area contributed by atoms with Crippen LogP contribution in [0, 0.1) is 0 Å². The molecule has 0 amide bonds. The SMILES string of the molecule is CC1(C)ON=C(/C=C/c2ccccc2)O1. The molecule has 1 aliphatic rings. The number of rotatable bonds is 2. The number of benzene rings is 1. The van der Waals surface area contributed by atoms with Crippen molar-refractivity contribution in [2.45, 2.75) is 19.6 Å². The van der Waals surface area contributed by atoms with Gasteiger partial charge >= 0.3 is 0 Å². The van der Waals surface area contributed by atoms with Crippen molar-refractivity contribution in [3.05, 3.63) is 42.0 Å². The smallest absolute Gasteiger partial charge is 0.271 e. The molecule has 15 heavy (non-hydrogen) atoms. The van der Waals surface area contributed by atoms with Gasteiger partial charge in [-0.15, -0.1) is 0 Å². The van der Waals surface area contributed by atoms with Gasteiger partial charge in [-0.25, -0.2) is 0 Å². The van der Waals surface area contributed by atoms with Crippen LogP contribution in [0.25, 0.3) is 6.08 Å². The molecule has 0 radical (unpaired) electrons. The Bertz CT molecular complexity index is 393. The third-order valence-corrected chi connectivity index (χ3v) is 1.92. The lowest BCUT2D eigenvalue weighted by atomic mass is 10.2. The van der Waals surface area contributed by atoms with Crippen LogP contribution in [0.1, 0.15) is 19.4 Å². The molecular formula is C12H13NO2. The van der Waals surface area contributed by atoms with Gasteiger partial charge in [-0.05, 0) is 16.8 Å². The number of nitrogens with zero attached hydrogens (tertiary/aromatic N) is 1. The Kier molecular flexibility index (Phi) is 2.46. The van der Waals surface area contributed by atoms with Gasteiger partial charge in [0, 0.05) is 19.9 Å². The molecule has 0 N–H and O–H groups in total. The van der Waals surface area contributed by atoms with Gasteiger partial charge in [0.1, 0.15) is 0 Å². The van der Waals surface area contributed by atoms with Gasteiger partial charge in [0.2, 0.25) is 0 Å². The summed E-state index contributed by atoms with van der Waals surface area (Å²) in [5.41, 5.74) is 1.11. The van der Waals surface area contributed by atoms with Gasteiger partial charge in [-0.3, -0.25) is 0 Å². The first kappa shape index (κ1) is 9.77. The molecule has 0 aromatic heterocycles. The highest BCUT2D eigenvalue weighted by Crippen LogP contribution is 2.19. The van der Waals surface area contributed by atoms with Crippen molar-refractivity contribution in [2.24, 2.45) is 5.16 Å². The molecule has 1 aromatic rings. The summed E-state index contributed by atoms with van der Waals surface area (Å²) < 4.78 is 5.41. The van der Waals surface area contributed by atoms with E-state index < -0.39 is 5.79 Å². The van der Waals surface area contributed by atoms with E-state index in [2.05, 4.69) is 5.16 Å². The first-order valence-corrected chi connectivity index (χ1v) is 4.84. The molecular weight excluding hydrogens is 190 g/mol. The molecule has 0 bridgehead atoms. The standard InChI is InChI=1S/C12H13NO2/c1-12(2)14-11(13-15-12)9-8-10-6-4-3-5-7-10/h3-9H,1-2H3/b9-8+. The largest absolute Gasteiger partial charge is 0.431 e. The lowest BCUT2D eigenvalue weighted by molar-refractivity contribution is -0.128. The Morgan fingerprint density at radius 1 is 1.13 bits per heavy atom. The molecule has 3 heteroatoms. The van der Waals surface area contributed by atoms with E-state index >= 15 is 0 Å². The van der Waals surface area contributed by atoms with E-state index in [0.717, 1.165) is 5.56 Å². The number of hydrogen-bond acceptors (Lipinski definition) is 3. The normalized spacial score (nSPS) is 18.4. The molecule has 0 saturated heterocycles. The van der Waals surface area contributed by atoms with Crippen LogP contribution in [-0.4, -0.2) is 11.7 Å². The van der Waals surface area contributed by atoms with Crippen LogP contribution in [0.3, 0.4) is 0 Å². The minimum atomic E-state index is -0.642. The summed E-state index contributed by atoms with van der Waals surface area (Å²) in [4.78, 5) is 5.06. The Hall–Kier alpha value is -1.77. The summed E-state index contributed by atoms with van der Waals surface area (Å²) >= 11 is 0. The molecule has 1 aliphatic heterocycles. The second-order valence-corrected chi connectivity index (χ2v) is 3.77. The van der Waals surface area contributed by atoms with Crippen LogP contribution in [0.2, 0.25) is 0 Å². The highest BCUT2D eigenvalue weighted by atomic mass is 16.8. The average molecular weight is 203 g/mol. The van der Waals surface area contributed by atoms with Gasteiger partial charge in [0.15, 0.2) is 0 Å². The zero-order chi connectivity index (χ0) is 10.7. The van der Waals surface area contributed by atoms with E-state index in [1.807, 2.05) is 50.3 Å². The minimum absolute atomic E-state index is 0.504. The van der Waals surface area contributed by atoms with Gasteiger partial charge in [-0.2, -0.15) is 0 Å². The second kappa shape index (κ2) is 3.77. The first-order valence-electron chi connectivity index (χ1n) is 4.84. The molecule has 0 atom stereocenters. The Labute approximate surface area is 89.0 Å². The quantitative estimate of drug-likeness (QED) is 0.740. The van der Waals surface area contributed by atoms with E-state index in [9.17, 15) is 0 Å². The van der Waals surface area contributed by atoms with Crippen molar-refractivity contribution >= 4 is 12.0 Å². The van der Waals surface area contributed by atoms with Crippen LogP contribution in [0.4, 0.5) is 0 Å². The average Bonchev–Trinajstić information content (AvgIpc) is 2.57. The van der Waals surface area contributed by atoms with E-state index in [1.54, 1.807) is 6.08 Å². The molecule has 0 unspecified atom stereocenters. The van der Waals surface area contributed by atoms with Crippen LogP contribution in [0.15, 0.2) is 41.6 Å². The van der Waals surface area contributed by atoms with Crippen molar-refractivity contribution in [1.82, 2.24) is 0 Å². The molecule has 0 fully saturated rings. The molecule has 1 heterocycles. The summed E-state index contributed by atoms with van der Waals surface area (Å²) in [6.07, 6.45) is 3.73. The van der Waals surface area contributed by atoms with Crippen molar-refractivity contribution in [3.8, 4) is 0 Å². The predicted molar refractivity (Wildman–Crippen MR) is 59.2 cm³/mol. The topological polar surface area (TPSA) is 30.8 Å². The van der Waals surface area contributed by atoms with Gasteiger partial charge < -0.3 is 9.57 Å². The molecule has 2 rings (SSSR count). The first-order chi connectivity index (χ1) is 7.16. The maximum Gasteiger partial charge on any atom is 0.271 e. The molecule has 3 nitrogen and oxygen atoms in total. The van der Waals surface area contributed by atoms with Crippen molar-refractivity contribution in [1.29, 1.82) is 0 Å². The van der Waals surface area contributed by atoms with Crippen molar-refractivity contribution in [3.63, 3.8) is 0 Å². The van der Waals surface area contributed by atoms with Crippen LogP contribution in [0.5, 0.6) is 0 Å². The lowest BCUT2D eigenvalue weighted by Crippen LogP contribution is -2.21. The monoisotopic (exact) mass is 203 g/mol. The number of ether oxygens (including phenoxy) is 1. The Morgan fingerprint density at radius 3 is 2.47 bits per heavy atom. The third-order valence-electron chi connectivity index (χ3n) is 1.92. The highest BCUT2D eigenvalue weighted by molar-refractivity contribution is 5.92. The molecule has 0 saturated carbocycles. The minimum Gasteiger partial charge on any atom is -0.431 e. The van der Waals surface area contributed by atoms with Crippen LogP contribution >= 0.6 is 0 Å². The summed E-state index contributed by atoms with van der Waals surface area (Å²) in [6.45, 7) is 3.64. The Morgan fingerprint density at radius 2 is 1.87 bits per heavy atom. The summed E-state index contributed by atoms with van der Waals surface area (Å²) in [5, 5.41) is 3.81. The molecule has 0 spiro atoms. The van der Waals surface area contributed by atoms with Crippen LogP contribution < -0.4 is 0 Å². The maximum absolute atomic E-state index is 5.41. The fourth-order valence-electron chi connectivity index (χ4n) is 1.24. The number of oxime groups is 1. The Balaban J connectivity index is 2.02. The van der Waals surface area contributed by atoms with E-state index in [0.29, 0.717) is 5.90 Å². The lowest BCUT2D eigenvalue weighted by Gasteiger charge is -2.13. The fourth-order valence-corrected chi connectivity index (χ4v) is 1.24. The molecule has 78 valence electrons. The van der Waals surface area contributed by atoms with Crippen molar-refractivity contribution in [2.75, 3.05) is 0 Å². The third kappa shape index (κ3) is 2.59. The summed E-state index contributed by atoms with van der Waals surface area (Å²) in [6, 6.07) is 9.97. The van der Waals surface area contributed by atoms with E-state index in [1.165, 1.54) is 0 Å². The van der Waals surface area contributed by atoms with Gasteiger partial charge in [-0.1, -0.05) is 30.3 Å². The van der Waals surface area contributed by atoms with Crippen molar-refractivity contribution < 1.29 is 9.57 Å². The second-order valence-electron chi connectivity index (χ2n) is 3.77. The van der Waals surface area contributed by atoms with E-state index in [4.69, 9.17) is 9.57 Å². The highest BCUT2D eigenvalue weighted by Gasteiger charge is 2.28. The molecule has 0 aliphatic carbocycles. The molecule has 1 aromatic carbocycles. The fraction of sp³-hybridized carbons (Fsp3) is 0.250. The van der Waals surface area contributed by atoms with Gasteiger partial charge in [0.05, 0.1) is 0 Å². The maximum atomic E-state index is 5.41. The zero-order valence-electron chi connectivity index (χ0n) is 8.81. The summed E-state index contributed by atoms with van der Waals surface area (Å²) in [7, 11) is 0. The van der Waals surface area contributed by atoms with Crippen LogP contribution in [-0.2, 0) is 9.57 Å². The summed E-state index contributed by atoms with van der Waals surface area (Å²) in [5.74, 6) is -0.139. The number of hydrogen-bond donors (Lipinski definition) is 0. The van der Waals surface area contributed by atoms with Gasteiger partial charge in [0.25, 0.3) is 11.7 Å². The van der Waals surface area contributed by atoms with E-state index in [-0.39, 0.29) is 0 Å².